The lowest BCUT2D eigenvalue weighted by atomic mass is 9.82. The van der Waals surface area contributed by atoms with Crippen molar-refractivity contribution in [1.82, 2.24) is 5.32 Å². The van der Waals surface area contributed by atoms with Gasteiger partial charge in [-0.15, -0.1) is 0 Å². The highest BCUT2D eigenvalue weighted by atomic mass is 14.9. The molecule has 0 aliphatic carbocycles. The van der Waals surface area contributed by atoms with Crippen molar-refractivity contribution in [3.05, 3.63) is 71.3 Å². The fourth-order valence-corrected chi connectivity index (χ4v) is 2.50. The summed E-state index contributed by atoms with van der Waals surface area (Å²) in [5.74, 6) is 0. The van der Waals surface area contributed by atoms with Gasteiger partial charge in [0.1, 0.15) is 0 Å². The van der Waals surface area contributed by atoms with Crippen molar-refractivity contribution in [2.45, 2.75) is 40.3 Å². The molecule has 0 aliphatic heterocycles. The molecule has 1 N–H and O–H groups in total. The van der Waals surface area contributed by atoms with Crippen molar-refractivity contribution in [3.63, 3.8) is 0 Å². The van der Waals surface area contributed by atoms with Crippen LogP contribution >= 0.6 is 0 Å². The van der Waals surface area contributed by atoms with Gasteiger partial charge in [-0.25, -0.2) is 0 Å². The second kappa shape index (κ2) is 6.23. The first-order chi connectivity index (χ1) is 9.47. The Bertz CT molecular complexity index is 520. The van der Waals surface area contributed by atoms with Gasteiger partial charge in [-0.1, -0.05) is 80.9 Å². The minimum Gasteiger partial charge on any atom is -0.305 e. The van der Waals surface area contributed by atoms with E-state index in [0.29, 0.717) is 6.04 Å². The lowest BCUT2D eigenvalue weighted by Crippen LogP contribution is -2.32. The van der Waals surface area contributed by atoms with Gasteiger partial charge in [0.2, 0.25) is 0 Å². The molecule has 1 nitrogen and oxygen atoms in total. The molecule has 0 heterocycles. The Morgan fingerprint density at radius 3 is 2.05 bits per heavy atom. The smallest absolute Gasteiger partial charge is 0.0372 e. The first-order valence-electron chi connectivity index (χ1n) is 7.31. The number of hydrogen-bond donors (Lipinski definition) is 1. The van der Waals surface area contributed by atoms with Gasteiger partial charge < -0.3 is 5.32 Å². The second-order valence-electron chi connectivity index (χ2n) is 6.58. The molecule has 0 aromatic heterocycles. The van der Waals surface area contributed by atoms with E-state index in [4.69, 9.17) is 0 Å². The van der Waals surface area contributed by atoms with E-state index in [1.54, 1.807) is 0 Å². The van der Waals surface area contributed by atoms with Gasteiger partial charge in [0.25, 0.3) is 0 Å². The van der Waals surface area contributed by atoms with Gasteiger partial charge in [-0.3, -0.25) is 0 Å². The molecular weight excluding hydrogens is 242 g/mol. The Labute approximate surface area is 123 Å². The van der Waals surface area contributed by atoms with Crippen molar-refractivity contribution < 1.29 is 0 Å². The molecule has 106 valence electrons. The third-order valence-corrected chi connectivity index (χ3v) is 3.63. The average Bonchev–Trinajstić information content (AvgIpc) is 2.41. The fraction of sp³-hybridized carbons (Fsp3) is 0.368. The van der Waals surface area contributed by atoms with Crippen LogP contribution in [0.15, 0.2) is 54.6 Å². The highest BCUT2D eigenvalue weighted by Crippen LogP contribution is 2.32. The van der Waals surface area contributed by atoms with Crippen LogP contribution in [0.2, 0.25) is 0 Å². The maximum absolute atomic E-state index is 3.71. The van der Waals surface area contributed by atoms with Crippen molar-refractivity contribution in [1.29, 1.82) is 0 Å². The van der Waals surface area contributed by atoms with Crippen molar-refractivity contribution >= 4 is 0 Å². The van der Waals surface area contributed by atoms with Crippen LogP contribution in [0.3, 0.4) is 0 Å². The van der Waals surface area contributed by atoms with Crippen LogP contribution in [0.4, 0.5) is 0 Å². The average molecular weight is 267 g/mol. The molecule has 2 aromatic rings. The van der Waals surface area contributed by atoms with Crippen molar-refractivity contribution in [2.24, 2.45) is 5.41 Å². The van der Waals surface area contributed by atoms with E-state index < -0.39 is 0 Å². The van der Waals surface area contributed by atoms with Crippen LogP contribution < -0.4 is 5.32 Å². The lowest BCUT2D eigenvalue weighted by Gasteiger charge is -2.32. The zero-order chi connectivity index (χ0) is 14.6. The zero-order valence-corrected chi connectivity index (χ0v) is 13.0. The largest absolute Gasteiger partial charge is 0.305 e. The molecule has 0 aliphatic rings. The number of benzene rings is 2. The molecule has 20 heavy (non-hydrogen) atoms. The minimum absolute atomic E-state index is 0.187. The molecule has 0 radical (unpaired) electrons. The number of nitrogens with one attached hydrogen (secondary N) is 1. The van der Waals surface area contributed by atoms with Crippen LogP contribution in [0.5, 0.6) is 0 Å². The normalized spacial score (nSPS) is 13.2. The quantitative estimate of drug-likeness (QED) is 0.833. The van der Waals surface area contributed by atoms with Gasteiger partial charge in [-0.2, -0.15) is 0 Å². The third kappa shape index (κ3) is 3.94. The zero-order valence-electron chi connectivity index (χ0n) is 13.0. The summed E-state index contributed by atoms with van der Waals surface area (Å²) in [6, 6.07) is 19.8. The highest BCUT2D eigenvalue weighted by Gasteiger charge is 2.25. The summed E-state index contributed by atoms with van der Waals surface area (Å²) in [7, 11) is 0. The molecule has 0 spiro atoms. The lowest BCUT2D eigenvalue weighted by molar-refractivity contribution is 0.271. The molecular formula is C19H25N. The monoisotopic (exact) mass is 267 g/mol. The number of rotatable bonds is 4. The first-order valence-corrected chi connectivity index (χ1v) is 7.31. The molecule has 0 bridgehead atoms. The molecule has 2 rings (SSSR count). The fourth-order valence-electron chi connectivity index (χ4n) is 2.50. The Morgan fingerprint density at radius 1 is 0.900 bits per heavy atom. The second-order valence-corrected chi connectivity index (χ2v) is 6.58. The maximum Gasteiger partial charge on any atom is 0.0372 e. The molecule has 1 atom stereocenters. The topological polar surface area (TPSA) is 12.0 Å². The maximum atomic E-state index is 3.71. The minimum atomic E-state index is 0.187. The summed E-state index contributed by atoms with van der Waals surface area (Å²) in [5.41, 5.74) is 4.18. The van der Waals surface area contributed by atoms with E-state index in [0.717, 1.165) is 6.54 Å². The molecule has 0 amide bonds. The molecule has 1 heteroatoms. The Morgan fingerprint density at radius 2 is 1.50 bits per heavy atom. The number of aryl methyl sites for hydroxylation is 1. The SMILES string of the molecule is Cc1ccc(CNC(c2ccccc2)C(C)(C)C)cc1. The predicted molar refractivity (Wildman–Crippen MR) is 86.7 cm³/mol. The molecule has 1 unspecified atom stereocenters. The van der Waals surface area contributed by atoms with E-state index in [9.17, 15) is 0 Å². The van der Waals surface area contributed by atoms with Crippen LogP contribution in [-0.2, 0) is 6.54 Å². The van der Waals surface area contributed by atoms with E-state index in [1.807, 2.05) is 0 Å². The number of hydrogen-bond acceptors (Lipinski definition) is 1. The summed E-state index contributed by atoms with van der Waals surface area (Å²) in [4.78, 5) is 0. The summed E-state index contributed by atoms with van der Waals surface area (Å²) in [5, 5.41) is 3.71. The van der Waals surface area contributed by atoms with E-state index in [-0.39, 0.29) is 5.41 Å². The van der Waals surface area contributed by atoms with E-state index in [1.165, 1.54) is 16.7 Å². The van der Waals surface area contributed by atoms with Gasteiger partial charge in [0, 0.05) is 12.6 Å². The van der Waals surface area contributed by atoms with Gasteiger partial charge in [-0.05, 0) is 23.5 Å². The predicted octanol–water partition coefficient (Wildman–Crippen LogP) is 4.87. The third-order valence-electron chi connectivity index (χ3n) is 3.63. The Balaban J connectivity index is 2.11. The molecule has 2 aromatic carbocycles. The molecule has 0 saturated carbocycles. The van der Waals surface area contributed by atoms with Gasteiger partial charge in [0.15, 0.2) is 0 Å². The summed E-state index contributed by atoms with van der Waals surface area (Å²) in [6.07, 6.45) is 0. The highest BCUT2D eigenvalue weighted by molar-refractivity contribution is 5.23. The van der Waals surface area contributed by atoms with Crippen molar-refractivity contribution in [2.75, 3.05) is 0 Å². The van der Waals surface area contributed by atoms with Gasteiger partial charge in [0.05, 0.1) is 0 Å². The molecule has 0 saturated heterocycles. The summed E-state index contributed by atoms with van der Waals surface area (Å²) in [6.45, 7) is 9.88. The van der Waals surface area contributed by atoms with Gasteiger partial charge >= 0.3 is 0 Å². The summed E-state index contributed by atoms with van der Waals surface area (Å²) >= 11 is 0. The summed E-state index contributed by atoms with van der Waals surface area (Å²) < 4.78 is 0. The van der Waals surface area contributed by atoms with Crippen LogP contribution in [-0.4, -0.2) is 0 Å². The van der Waals surface area contributed by atoms with Crippen LogP contribution in [0.25, 0.3) is 0 Å². The van der Waals surface area contributed by atoms with Crippen molar-refractivity contribution in [3.8, 4) is 0 Å². The molecule has 0 fully saturated rings. The first kappa shape index (κ1) is 14.8. The van der Waals surface area contributed by atoms with E-state index in [2.05, 4.69) is 87.6 Å². The Hall–Kier alpha value is -1.60. The van der Waals surface area contributed by atoms with Crippen LogP contribution in [0.1, 0.15) is 43.5 Å². The van der Waals surface area contributed by atoms with E-state index >= 15 is 0 Å². The standard InChI is InChI=1S/C19H25N/c1-15-10-12-16(13-11-15)14-20-18(19(2,3)4)17-8-6-5-7-9-17/h5-13,18,20H,14H2,1-4H3. The van der Waals surface area contributed by atoms with Crippen LogP contribution in [0, 0.1) is 12.3 Å². The Kier molecular flexibility index (Phi) is 4.61.